The molecule has 2 aromatic rings. The first-order chi connectivity index (χ1) is 13.0. The van der Waals surface area contributed by atoms with Crippen LogP contribution in [0.4, 0.5) is 11.4 Å². The number of rotatable bonds is 7. The standard InChI is InChI=1S/C20H25N3O4/c1-5-23(14-9-10-16(26-3)17(12-14)27-4)18(24)11-13-7-6-8-15(19(13)21)20(25)22-2/h6-10,12H,5,11,21H2,1-4H3,(H,22,25). The number of carbonyl (C=O) groups excluding carboxylic acids is 2. The maximum Gasteiger partial charge on any atom is 0.253 e. The van der Waals surface area contributed by atoms with E-state index in [0.717, 1.165) is 0 Å². The van der Waals surface area contributed by atoms with Gasteiger partial charge in [0.25, 0.3) is 5.91 Å². The van der Waals surface area contributed by atoms with Gasteiger partial charge in [-0.2, -0.15) is 0 Å². The number of ether oxygens (including phenoxy) is 2. The number of likely N-dealkylation sites (N-methyl/N-ethyl adjacent to an activating group) is 1. The highest BCUT2D eigenvalue weighted by molar-refractivity contribution is 6.01. The zero-order valence-corrected chi connectivity index (χ0v) is 16.0. The van der Waals surface area contributed by atoms with Crippen molar-refractivity contribution in [2.24, 2.45) is 0 Å². The van der Waals surface area contributed by atoms with Crippen molar-refractivity contribution in [3.05, 3.63) is 47.5 Å². The Balaban J connectivity index is 2.30. The Kier molecular flexibility index (Phi) is 6.65. The average Bonchev–Trinajstić information content (AvgIpc) is 2.69. The lowest BCUT2D eigenvalue weighted by Crippen LogP contribution is -2.32. The molecule has 0 heterocycles. The van der Waals surface area contributed by atoms with E-state index in [4.69, 9.17) is 15.2 Å². The number of anilines is 2. The van der Waals surface area contributed by atoms with E-state index in [-0.39, 0.29) is 18.2 Å². The summed E-state index contributed by atoms with van der Waals surface area (Å²) in [6, 6.07) is 10.4. The van der Waals surface area contributed by atoms with Crippen LogP contribution in [0.3, 0.4) is 0 Å². The molecular weight excluding hydrogens is 346 g/mol. The summed E-state index contributed by atoms with van der Waals surface area (Å²) in [6.45, 7) is 2.36. The molecule has 0 aliphatic rings. The van der Waals surface area contributed by atoms with E-state index in [1.807, 2.05) is 6.92 Å². The number of hydrogen-bond acceptors (Lipinski definition) is 5. The summed E-state index contributed by atoms with van der Waals surface area (Å²) in [4.78, 5) is 26.4. The molecule has 0 bridgehead atoms. The van der Waals surface area contributed by atoms with E-state index in [2.05, 4.69) is 5.32 Å². The number of nitrogens with zero attached hydrogens (tertiary/aromatic N) is 1. The third-order valence-corrected chi connectivity index (χ3v) is 4.31. The lowest BCUT2D eigenvalue weighted by atomic mass is 10.0. The van der Waals surface area contributed by atoms with Gasteiger partial charge in [-0.15, -0.1) is 0 Å². The number of methoxy groups -OCH3 is 2. The molecule has 0 unspecified atom stereocenters. The predicted molar refractivity (Wildman–Crippen MR) is 106 cm³/mol. The van der Waals surface area contributed by atoms with Gasteiger partial charge in [0.15, 0.2) is 11.5 Å². The van der Waals surface area contributed by atoms with Crippen molar-refractivity contribution in [2.75, 3.05) is 38.4 Å². The van der Waals surface area contributed by atoms with Gasteiger partial charge in [0.1, 0.15) is 0 Å². The fourth-order valence-corrected chi connectivity index (χ4v) is 2.85. The summed E-state index contributed by atoms with van der Waals surface area (Å²) in [5.74, 6) is 0.717. The number of hydrogen-bond donors (Lipinski definition) is 2. The second-order valence-electron chi connectivity index (χ2n) is 5.81. The van der Waals surface area contributed by atoms with Gasteiger partial charge in [0.2, 0.25) is 5.91 Å². The van der Waals surface area contributed by atoms with E-state index < -0.39 is 0 Å². The van der Waals surface area contributed by atoms with Crippen molar-refractivity contribution in [1.29, 1.82) is 0 Å². The lowest BCUT2D eigenvalue weighted by Gasteiger charge is -2.23. The molecule has 0 atom stereocenters. The van der Waals surface area contributed by atoms with Crippen LogP contribution in [0.15, 0.2) is 36.4 Å². The first kappa shape index (κ1) is 20.1. The molecule has 0 fully saturated rings. The molecule has 144 valence electrons. The van der Waals surface area contributed by atoms with Crippen LogP contribution < -0.4 is 25.4 Å². The Morgan fingerprint density at radius 3 is 2.41 bits per heavy atom. The molecule has 0 aliphatic heterocycles. The topological polar surface area (TPSA) is 93.9 Å². The van der Waals surface area contributed by atoms with Crippen molar-refractivity contribution < 1.29 is 19.1 Å². The zero-order chi connectivity index (χ0) is 20.0. The quantitative estimate of drug-likeness (QED) is 0.728. The van der Waals surface area contributed by atoms with Crippen LogP contribution in [0.2, 0.25) is 0 Å². The first-order valence-electron chi connectivity index (χ1n) is 8.58. The number of benzene rings is 2. The summed E-state index contributed by atoms with van der Waals surface area (Å²) in [6.07, 6.45) is 0.0822. The van der Waals surface area contributed by atoms with Gasteiger partial charge >= 0.3 is 0 Å². The zero-order valence-electron chi connectivity index (χ0n) is 16.0. The highest BCUT2D eigenvalue weighted by atomic mass is 16.5. The highest BCUT2D eigenvalue weighted by Crippen LogP contribution is 2.32. The number of amides is 2. The van der Waals surface area contributed by atoms with E-state index in [0.29, 0.717) is 40.5 Å². The second kappa shape index (κ2) is 8.93. The summed E-state index contributed by atoms with van der Waals surface area (Å²) in [7, 11) is 4.64. The molecule has 7 nitrogen and oxygen atoms in total. The van der Waals surface area contributed by atoms with E-state index in [1.54, 1.807) is 55.5 Å². The SMILES string of the molecule is CCN(C(=O)Cc1cccc(C(=O)NC)c1N)c1ccc(OC)c(OC)c1. The van der Waals surface area contributed by atoms with Gasteiger partial charge in [0.05, 0.1) is 26.2 Å². The lowest BCUT2D eigenvalue weighted by molar-refractivity contribution is -0.117. The normalized spacial score (nSPS) is 10.2. The van der Waals surface area contributed by atoms with E-state index in [1.165, 1.54) is 7.05 Å². The molecule has 0 saturated heterocycles. The van der Waals surface area contributed by atoms with Crippen LogP contribution in [0, 0.1) is 0 Å². The molecule has 2 aromatic carbocycles. The summed E-state index contributed by atoms with van der Waals surface area (Å²) >= 11 is 0. The summed E-state index contributed by atoms with van der Waals surface area (Å²) < 4.78 is 10.6. The van der Waals surface area contributed by atoms with E-state index >= 15 is 0 Å². The molecule has 7 heteroatoms. The minimum absolute atomic E-state index is 0.0822. The summed E-state index contributed by atoms with van der Waals surface area (Å²) in [5.41, 5.74) is 8.08. The van der Waals surface area contributed by atoms with Crippen molar-refractivity contribution in [3.8, 4) is 11.5 Å². The molecular formula is C20H25N3O4. The molecule has 2 rings (SSSR count). The Hall–Kier alpha value is -3.22. The van der Waals surface area contributed by atoms with Gasteiger partial charge in [0, 0.05) is 31.0 Å². The van der Waals surface area contributed by atoms with Crippen LogP contribution in [-0.2, 0) is 11.2 Å². The third-order valence-electron chi connectivity index (χ3n) is 4.31. The monoisotopic (exact) mass is 371 g/mol. The first-order valence-corrected chi connectivity index (χ1v) is 8.58. The third kappa shape index (κ3) is 4.31. The second-order valence-corrected chi connectivity index (χ2v) is 5.81. The van der Waals surface area contributed by atoms with Gasteiger partial charge in [-0.1, -0.05) is 12.1 Å². The Labute approximate surface area is 159 Å². The van der Waals surface area contributed by atoms with Crippen LogP contribution in [0.1, 0.15) is 22.8 Å². The molecule has 0 spiro atoms. The molecule has 0 aliphatic carbocycles. The van der Waals surface area contributed by atoms with Gasteiger partial charge in [-0.3, -0.25) is 9.59 Å². The molecule has 0 aromatic heterocycles. The fraction of sp³-hybridized carbons (Fsp3) is 0.300. The van der Waals surface area contributed by atoms with Crippen molar-refractivity contribution >= 4 is 23.2 Å². The van der Waals surface area contributed by atoms with Crippen molar-refractivity contribution in [3.63, 3.8) is 0 Å². The molecule has 3 N–H and O–H groups in total. The number of carbonyl (C=O) groups is 2. The minimum atomic E-state index is -0.283. The predicted octanol–water partition coefficient (Wildman–Crippen LogP) is 2.24. The van der Waals surface area contributed by atoms with Gasteiger partial charge in [-0.05, 0) is 30.7 Å². The maximum atomic E-state index is 12.9. The smallest absolute Gasteiger partial charge is 0.253 e. The molecule has 0 radical (unpaired) electrons. The summed E-state index contributed by atoms with van der Waals surface area (Å²) in [5, 5.41) is 2.55. The molecule has 27 heavy (non-hydrogen) atoms. The van der Waals surface area contributed by atoms with Gasteiger partial charge in [-0.25, -0.2) is 0 Å². The minimum Gasteiger partial charge on any atom is -0.493 e. The Bertz CT molecular complexity index is 836. The van der Waals surface area contributed by atoms with Crippen LogP contribution in [-0.4, -0.2) is 39.6 Å². The van der Waals surface area contributed by atoms with Crippen molar-refractivity contribution in [2.45, 2.75) is 13.3 Å². The fourth-order valence-electron chi connectivity index (χ4n) is 2.85. The molecule has 0 saturated carbocycles. The number of nitrogens with one attached hydrogen (secondary N) is 1. The number of para-hydroxylation sites is 1. The van der Waals surface area contributed by atoms with Crippen LogP contribution in [0.25, 0.3) is 0 Å². The van der Waals surface area contributed by atoms with Crippen LogP contribution in [0.5, 0.6) is 11.5 Å². The average molecular weight is 371 g/mol. The molecule has 2 amide bonds. The van der Waals surface area contributed by atoms with Crippen molar-refractivity contribution in [1.82, 2.24) is 5.32 Å². The van der Waals surface area contributed by atoms with Crippen LogP contribution >= 0.6 is 0 Å². The van der Waals surface area contributed by atoms with E-state index in [9.17, 15) is 9.59 Å². The number of nitrogens with two attached hydrogens (primary N) is 1. The Morgan fingerprint density at radius 2 is 1.81 bits per heavy atom. The maximum absolute atomic E-state index is 12.9. The van der Waals surface area contributed by atoms with Gasteiger partial charge < -0.3 is 25.4 Å². The highest BCUT2D eigenvalue weighted by Gasteiger charge is 2.19. The number of nitrogen functional groups attached to an aromatic ring is 1. The largest absolute Gasteiger partial charge is 0.493 e. The Morgan fingerprint density at radius 1 is 1.11 bits per heavy atom.